The molecular formula is C10H9NO3. The number of anilines is 1. The van der Waals surface area contributed by atoms with E-state index < -0.39 is 5.63 Å². The molecule has 0 fully saturated rings. The second-order valence-electron chi connectivity index (χ2n) is 2.91. The molecular weight excluding hydrogens is 182 g/mol. The molecule has 1 heterocycles. The van der Waals surface area contributed by atoms with Gasteiger partial charge in [-0.2, -0.15) is 0 Å². The molecule has 0 spiro atoms. The number of hydrogen-bond acceptors (Lipinski definition) is 4. The largest absolute Gasteiger partial charge is 0.507 e. The molecule has 0 aliphatic heterocycles. The van der Waals surface area contributed by atoms with E-state index >= 15 is 0 Å². The second kappa shape index (κ2) is 3.06. The Balaban J connectivity index is 2.82. The Morgan fingerprint density at radius 1 is 1.36 bits per heavy atom. The summed E-state index contributed by atoms with van der Waals surface area (Å²) in [5.74, 6) is -0.0617. The molecule has 2 rings (SSSR count). The summed E-state index contributed by atoms with van der Waals surface area (Å²) in [5.41, 5.74) is 0.683. The van der Waals surface area contributed by atoms with Crippen LogP contribution in [0, 0.1) is 0 Å². The van der Waals surface area contributed by atoms with Gasteiger partial charge in [-0.3, -0.25) is 0 Å². The average molecular weight is 191 g/mol. The minimum atomic E-state index is -0.549. The summed E-state index contributed by atoms with van der Waals surface area (Å²) in [6.07, 6.45) is 0. The predicted octanol–water partition coefficient (Wildman–Crippen LogP) is 1.54. The first-order chi connectivity index (χ1) is 6.70. The quantitative estimate of drug-likeness (QED) is 0.671. The Morgan fingerprint density at radius 2 is 2.14 bits per heavy atom. The summed E-state index contributed by atoms with van der Waals surface area (Å²) >= 11 is 0. The number of benzene rings is 1. The Morgan fingerprint density at radius 3 is 2.86 bits per heavy atom. The molecule has 4 heteroatoms. The third kappa shape index (κ3) is 1.31. The molecule has 0 unspecified atom stereocenters. The molecule has 0 saturated carbocycles. The lowest BCUT2D eigenvalue weighted by Crippen LogP contribution is -1.96. The van der Waals surface area contributed by atoms with Crippen LogP contribution >= 0.6 is 0 Å². The lowest BCUT2D eigenvalue weighted by atomic mass is 10.2. The molecule has 1 aromatic carbocycles. The van der Waals surface area contributed by atoms with Crippen molar-refractivity contribution in [2.45, 2.75) is 0 Å². The SMILES string of the molecule is CNc1ccc2oc(=O)cc(O)c2c1. The van der Waals surface area contributed by atoms with E-state index in [1.54, 1.807) is 25.2 Å². The topological polar surface area (TPSA) is 62.5 Å². The van der Waals surface area contributed by atoms with E-state index in [9.17, 15) is 9.90 Å². The van der Waals surface area contributed by atoms with Gasteiger partial charge in [0.05, 0.1) is 11.5 Å². The van der Waals surface area contributed by atoms with Crippen LogP contribution in [0.1, 0.15) is 0 Å². The van der Waals surface area contributed by atoms with Crippen molar-refractivity contribution in [1.29, 1.82) is 0 Å². The Labute approximate surface area is 79.8 Å². The second-order valence-corrected chi connectivity index (χ2v) is 2.91. The predicted molar refractivity (Wildman–Crippen MR) is 53.7 cm³/mol. The van der Waals surface area contributed by atoms with Crippen molar-refractivity contribution in [3.63, 3.8) is 0 Å². The monoisotopic (exact) mass is 191 g/mol. The van der Waals surface area contributed by atoms with Gasteiger partial charge in [-0.15, -0.1) is 0 Å². The van der Waals surface area contributed by atoms with E-state index in [-0.39, 0.29) is 5.75 Å². The first kappa shape index (κ1) is 8.62. The van der Waals surface area contributed by atoms with Crippen LogP contribution in [0.5, 0.6) is 5.75 Å². The van der Waals surface area contributed by atoms with Gasteiger partial charge in [-0.1, -0.05) is 0 Å². The zero-order chi connectivity index (χ0) is 10.1. The van der Waals surface area contributed by atoms with Crippen LogP contribution in [-0.4, -0.2) is 12.2 Å². The number of rotatable bonds is 1. The molecule has 2 aromatic rings. The number of hydrogen-bond donors (Lipinski definition) is 2. The van der Waals surface area contributed by atoms with E-state index in [4.69, 9.17) is 4.42 Å². The molecule has 0 radical (unpaired) electrons. The van der Waals surface area contributed by atoms with Crippen LogP contribution in [0.2, 0.25) is 0 Å². The van der Waals surface area contributed by atoms with Crippen molar-refractivity contribution in [2.24, 2.45) is 0 Å². The van der Waals surface area contributed by atoms with Crippen molar-refractivity contribution in [2.75, 3.05) is 12.4 Å². The van der Waals surface area contributed by atoms with Crippen LogP contribution in [0.4, 0.5) is 5.69 Å². The van der Waals surface area contributed by atoms with Gasteiger partial charge in [-0.05, 0) is 18.2 Å². The summed E-state index contributed by atoms with van der Waals surface area (Å²) in [5, 5.41) is 12.9. The minimum Gasteiger partial charge on any atom is -0.507 e. The molecule has 14 heavy (non-hydrogen) atoms. The fraction of sp³-hybridized carbons (Fsp3) is 0.100. The van der Waals surface area contributed by atoms with Crippen LogP contribution in [0.3, 0.4) is 0 Å². The third-order valence-electron chi connectivity index (χ3n) is 2.01. The van der Waals surface area contributed by atoms with Crippen LogP contribution < -0.4 is 10.9 Å². The highest BCUT2D eigenvalue weighted by molar-refractivity contribution is 5.85. The Kier molecular flexibility index (Phi) is 1.89. The highest BCUT2D eigenvalue weighted by Crippen LogP contribution is 2.25. The van der Waals surface area contributed by atoms with Gasteiger partial charge in [0.15, 0.2) is 0 Å². The first-order valence-electron chi connectivity index (χ1n) is 4.15. The normalized spacial score (nSPS) is 10.4. The van der Waals surface area contributed by atoms with Crippen molar-refractivity contribution in [3.8, 4) is 5.75 Å². The molecule has 0 saturated heterocycles. The summed E-state index contributed by atoms with van der Waals surface area (Å²) in [7, 11) is 1.78. The third-order valence-corrected chi connectivity index (χ3v) is 2.01. The van der Waals surface area contributed by atoms with E-state index in [1.807, 2.05) is 0 Å². The fourth-order valence-electron chi connectivity index (χ4n) is 1.30. The van der Waals surface area contributed by atoms with Gasteiger partial charge in [0.2, 0.25) is 0 Å². The Bertz CT molecular complexity index is 530. The molecule has 0 amide bonds. The summed E-state index contributed by atoms with van der Waals surface area (Å²) in [6, 6.07) is 6.18. The van der Waals surface area contributed by atoms with Gasteiger partial charge < -0.3 is 14.8 Å². The Hall–Kier alpha value is -1.97. The molecule has 0 aliphatic rings. The fourth-order valence-corrected chi connectivity index (χ4v) is 1.30. The molecule has 72 valence electrons. The summed E-state index contributed by atoms with van der Waals surface area (Å²) < 4.78 is 4.90. The summed E-state index contributed by atoms with van der Waals surface area (Å²) in [6.45, 7) is 0. The minimum absolute atomic E-state index is 0.0617. The van der Waals surface area contributed by atoms with Gasteiger partial charge in [0.25, 0.3) is 0 Å². The lowest BCUT2D eigenvalue weighted by Gasteiger charge is -2.02. The van der Waals surface area contributed by atoms with Gasteiger partial charge in [0.1, 0.15) is 11.3 Å². The van der Waals surface area contributed by atoms with Crippen LogP contribution in [-0.2, 0) is 0 Å². The van der Waals surface area contributed by atoms with E-state index in [2.05, 4.69) is 5.32 Å². The van der Waals surface area contributed by atoms with Crippen molar-refractivity contribution in [3.05, 3.63) is 34.7 Å². The van der Waals surface area contributed by atoms with Gasteiger partial charge >= 0.3 is 5.63 Å². The number of nitrogens with one attached hydrogen (secondary N) is 1. The average Bonchev–Trinajstić information content (AvgIpc) is 2.17. The number of fused-ring (bicyclic) bond motifs is 1. The smallest absolute Gasteiger partial charge is 0.339 e. The molecule has 0 bridgehead atoms. The van der Waals surface area contributed by atoms with E-state index in [0.717, 1.165) is 11.8 Å². The van der Waals surface area contributed by atoms with Crippen molar-refractivity contribution < 1.29 is 9.52 Å². The summed E-state index contributed by atoms with van der Waals surface area (Å²) in [4.78, 5) is 10.9. The molecule has 2 N–H and O–H groups in total. The van der Waals surface area contributed by atoms with Crippen LogP contribution in [0.25, 0.3) is 11.0 Å². The van der Waals surface area contributed by atoms with Gasteiger partial charge in [0, 0.05) is 12.7 Å². The maximum Gasteiger partial charge on any atom is 0.339 e. The first-order valence-corrected chi connectivity index (χ1v) is 4.15. The molecule has 0 aliphatic carbocycles. The standard InChI is InChI=1S/C10H9NO3/c1-11-6-2-3-9-7(4-6)8(12)5-10(13)14-9/h2-5,11-12H,1H3. The zero-order valence-electron chi connectivity index (χ0n) is 7.57. The maximum absolute atomic E-state index is 10.9. The maximum atomic E-state index is 10.9. The lowest BCUT2D eigenvalue weighted by molar-refractivity contribution is 0.468. The van der Waals surface area contributed by atoms with Gasteiger partial charge in [-0.25, -0.2) is 4.79 Å². The number of aromatic hydroxyl groups is 1. The van der Waals surface area contributed by atoms with E-state index in [0.29, 0.717) is 11.0 Å². The molecule has 4 nitrogen and oxygen atoms in total. The zero-order valence-corrected chi connectivity index (χ0v) is 7.57. The van der Waals surface area contributed by atoms with Crippen molar-refractivity contribution >= 4 is 16.7 Å². The highest BCUT2D eigenvalue weighted by atomic mass is 16.4. The molecule has 0 atom stereocenters. The van der Waals surface area contributed by atoms with E-state index in [1.165, 1.54) is 0 Å². The molecule has 1 aromatic heterocycles. The van der Waals surface area contributed by atoms with Crippen LogP contribution in [0.15, 0.2) is 33.5 Å². The highest BCUT2D eigenvalue weighted by Gasteiger charge is 2.04. The van der Waals surface area contributed by atoms with Crippen molar-refractivity contribution in [1.82, 2.24) is 0 Å².